The molecule has 1 aromatic rings. The Bertz CT molecular complexity index is 963. The largest absolute Gasteiger partial charge is 0.465 e. The molecule has 1 heterocycles. The average Bonchev–Trinajstić information content (AvgIpc) is 3.01. The van der Waals surface area contributed by atoms with Gasteiger partial charge in [-0.2, -0.15) is 0 Å². The van der Waals surface area contributed by atoms with E-state index in [0.717, 1.165) is 64.2 Å². The number of nitrogens with zero attached hydrogens (tertiary/aromatic N) is 3. The minimum Gasteiger partial charge on any atom is -0.465 e. The first-order chi connectivity index (χ1) is 20.8. The first-order valence-electron chi connectivity index (χ1n) is 15.8. The van der Waals surface area contributed by atoms with Crippen LogP contribution in [0.25, 0.3) is 0 Å². The van der Waals surface area contributed by atoms with Gasteiger partial charge in [-0.3, -0.25) is 29.2 Å². The number of unbranched alkanes of at least 4 members (excludes halogenated alkanes) is 3. The van der Waals surface area contributed by atoms with Gasteiger partial charge in [0.1, 0.15) is 0 Å². The summed E-state index contributed by atoms with van der Waals surface area (Å²) in [6.07, 6.45) is 9.87. The summed E-state index contributed by atoms with van der Waals surface area (Å²) in [5.41, 5.74) is 1.00. The molecule has 0 amide bonds. The molecule has 1 unspecified atom stereocenters. The van der Waals surface area contributed by atoms with Crippen LogP contribution in [-0.2, 0) is 39.9 Å². The van der Waals surface area contributed by atoms with E-state index in [1.807, 2.05) is 30.6 Å². The second kappa shape index (κ2) is 20.8. The number of esters is 4. The zero-order valence-corrected chi connectivity index (χ0v) is 26.5. The topological polar surface area (TPSA) is 125 Å². The number of carbonyl (C=O) groups is 4. The van der Waals surface area contributed by atoms with Gasteiger partial charge in [-0.15, -0.1) is 0 Å². The Morgan fingerprint density at radius 3 is 1.63 bits per heavy atom. The highest BCUT2D eigenvalue weighted by molar-refractivity contribution is 5.88. The second-order valence-electron chi connectivity index (χ2n) is 11.0. The molecule has 1 saturated carbocycles. The maximum absolute atomic E-state index is 13.0. The van der Waals surface area contributed by atoms with Crippen LogP contribution in [0.15, 0.2) is 18.3 Å². The van der Waals surface area contributed by atoms with Crippen molar-refractivity contribution in [3.8, 4) is 0 Å². The van der Waals surface area contributed by atoms with Gasteiger partial charge in [0.15, 0.2) is 0 Å². The van der Waals surface area contributed by atoms with Crippen molar-refractivity contribution in [2.75, 3.05) is 46.6 Å². The second-order valence-corrected chi connectivity index (χ2v) is 11.0. The molecule has 1 aliphatic carbocycles. The van der Waals surface area contributed by atoms with E-state index in [0.29, 0.717) is 37.6 Å². The Balaban J connectivity index is 2.33. The van der Waals surface area contributed by atoms with Crippen LogP contribution in [0, 0.1) is 0 Å². The van der Waals surface area contributed by atoms with Crippen molar-refractivity contribution in [3.63, 3.8) is 0 Å². The molecule has 1 aliphatic rings. The summed E-state index contributed by atoms with van der Waals surface area (Å²) in [4.78, 5) is 58.9. The molecule has 0 N–H and O–H groups in total. The Hall–Kier alpha value is -3.05. The molecule has 1 fully saturated rings. The van der Waals surface area contributed by atoms with Crippen molar-refractivity contribution in [3.05, 3.63) is 29.6 Å². The molecule has 2 atom stereocenters. The number of rotatable bonds is 20. The van der Waals surface area contributed by atoms with E-state index in [2.05, 4.69) is 4.98 Å². The summed E-state index contributed by atoms with van der Waals surface area (Å²) in [5, 5.41) is 0. The lowest BCUT2D eigenvalue weighted by molar-refractivity contribution is -0.153. The van der Waals surface area contributed by atoms with Crippen LogP contribution in [0.2, 0.25) is 0 Å². The van der Waals surface area contributed by atoms with Crippen molar-refractivity contribution in [1.82, 2.24) is 14.8 Å². The van der Waals surface area contributed by atoms with E-state index in [4.69, 9.17) is 18.9 Å². The molecule has 0 radical (unpaired) electrons. The summed E-state index contributed by atoms with van der Waals surface area (Å²) in [5.74, 6) is -1.59. The molecule has 11 heteroatoms. The molecule has 0 spiro atoms. The maximum Gasteiger partial charge on any atom is 0.339 e. The standard InChI is InChI=1S/C32H51N3O8/c1-5-8-17-41-29(36)22-34(21-26-16-15-25(20-33-26)32(39)40-4)27-13-11-12-14-28(27)35(23-30(37)42-18-9-6-2)24-31(38)43-19-10-7-3/h15-16,20,27-28H,5-14,17-19,21-24H2,1-4H3/t27-,28?/m0/s1. The van der Waals surface area contributed by atoms with Gasteiger partial charge in [0.2, 0.25) is 0 Å². The van der Waals surface area contributed by atoms with Crippen molar-refractivity contribution in [1.29, 1.82) is 0 Å². The molecule has 242 valence electrons. The predicted molar refractivity (Wildman–Crippen MR) is 161 cm³/mol. The summed E-state index contributed by atoms with van der Waals surface area (Å²) >= 11 is 0. The highest BCUT2D eigenvalue weighted by Gasteiger charge is 2.37. The number of hydrogen-bond acceptors (Lipinski definition) is 11. The highest BCUT2D eigenvalue weighted by Crippen LogP contribution is 2.29. The van der Waals surface area contributed by atoms with Crippen molar-refractivity contribution < 1.29 is 38.1 Å². The monoisotopic (exact) mass is 605 g/mol. The molecule has 1 aromatic heterocycles. The Labute approximate surface area is 256 Å². The summed E-state index contributed by atoms with van der Waals surface area (Å²) < 4.78 is 21.2. The fourth-order valence-corrected chi connectivity index (χ4v) is 5.11. The molecule has 0 saturated heterocycles. The fraction of sp³-hybridized carbons (Fsp3) is 0.719. The summed E-state index contributed by atoms with van der Waals surface area (Å²) in [7, 11) is 1.32. The van der Waals surface area contributed by atoms with Crippen LogP contribution in [0.4, 0.5) is 0 Å². The van der Waals surface area contributed by atoms with Crippen molar-refractivity contribution in [2.45, 2.75) is 104 Å². The van der Waals surface area contributed by atoms with Gasteiger partial charge in [-0.25, -0.2) is 4.79 Å². The highest BCUT2D eigenvalue weighted by atomic mass is 16.5. The minimum absolute atomic E-state index is 0.0288. The van der Waals surface area contributed by atoms with Gasteiger partial charge < -0.3 is 18.9 Å². The smallest absolute Gasteiger partial charge is 0.339 e. The number of hydrogen-bond donors (Lipinski definition) is 0. The Kier molecular flexibility index (Phi) is 17.5. The fourth-order valence-electron chi connectivity index (χ4n) is 5.11. The maximum atomic E-state index is 13.0. The van der Waals surface area contributed by atoms with Crippen LogP contribution in [0.5, 0.6) is 0 Å². The first-order valence-corrected chi connectivity index (χ1v) is 15.8. The predicted octanol–water partition coefficient (Wildman–Crippen LogP) is 4.31. The van der Waals surface area contributed by atoms with Crippen LogP contribution in [-0.4, -0.2) is 97.3 Å². The molecule has 0 aliphatic heterocycles. The number of aromatic nitrogens is 1. The zero-order valence-electron chi connectivity index (χ0n) is 26.5. The molecule has 2 rings (SSSR count). The number of ether oxygens (including phenoxy) is 4. The van der Waals surface area contributed by atoms with Gasteiger partial charge in [-0.1, -0.05) is 52.9 Å². The average molecular weight is 606 g/mol. The first kappa shape index (κ1) is 36.1. The van der Waals surface area contributed by atoms with Crippen LogP contribution in [0.3, 0.4) is 0 Å². The molecule has 0 aromatic carbocycles. The third-order valence-corrected chi connectivity index (χ3v) is 7.52. The van der Waals surface area contributed by atoms with Crippen LogP contribution < -0.4 is 0 Å². The van der Waals surface area contributed by atoms with Gasteiger partial charge in [0, 0.05) is 24.8 Å². The number of methoxy groups -OCH3 is 1. The van der Waals surface area contributed by atoms with E-state index >= 15 is 0 Å². The lowest BCUT2D eigenvalue weighted by atomic mass is 9.87. The SMILES string of the molecule is CCCCOC(=O)CN(CC(=O)OCCCC)C1CCCC[C@@H]1N(CC(=O)OCCCC)Cc1ccc(C(=O)OC)cn1. The lowest BCUT2D eigenvalue weighted by Crippen LogP contribution is -2.56. The Morgan fingerprint density at radius 2 is 1.21 bits per heavy atom. The minimum atomic E-state index is -0.477. The molecule has 11 nitrogen and oxygen atoms in total. The third-order valence-electron chi connectivity index (χ3n) is 7.52. The summed E-state index contributed by atoms with van der Waals surface area (Å²) in [6.45, 7) is 7.36. The van der Waals surface area contributed by atoms with E-state index in [9.17, 15) is 19.2 Å². The van der Waals surface area contributed by atoms with E-state index in [1.54, 1.807) is 12.1 Å². The quantitative estimate of drug-likeness (QED) is 0.120. The van der Waals surface area contributed by atoms with E-state index < -0.39 is 5.97 Å². The van der Waals surface area contributed by atoms with Crippen molar-refractivity contribution >= 4 is 23.9 Å². The van der Waals surface area contributed by atoms with E-state index in [1.165, 1.54) is 13.3 Å². The van der Waals surface area contributed by atoms with Crippen molar-refractivity contribution in [2.24, 2.45) is 0 Å². The van der Waals surface area contributed by atoms with Crippen LogP contribution >= 0.6 is 0 Å². The summed E-state index contributed by atoms with van der Waals surface area (Å²) in [6, 6.07) is 3.02. The van der Waals surface area contributed by atoms with E-state index in [-0.39, 0.29) is 49.6 Å². The molecule has 43 heavy (non-hydrogen) atoms. The Morgan fingerprint density at radius 1 is 0.744 bits per heavy atom. The third kappa shape index (κ3) is 13.4. The van der Waals surface area contributed by atoms with Gasteiger partial charge in [0.25, 0.3) is 0 Å². The number of pyridine rings is 1. The number of carbonyl (C=O) groups excluding carboxylic acids is 4. The lowest BCUT2D eigenvalue weighted by Gasteiger charge is -2.44. The normalized spacial score (nSPS) is 16.6. The van der Waals surface area contributed by atoms with Gasteiger partial charge >= 0.3 is 23.9 Å². The van der Waals surface area contributed by atoms with Crippen LogP contribution in [0.1, 0.15) is 101 Å². The van der Waals surface area contributed by atoms with Gasteiger partial charge in [-0.05, 0) is 44.2 Å². The molecular weight excluding hydrogens is 554 g/mol. The zero-order chi connectivity index (χ0) is 31.5. The molecular formula is C32H51N3O8. The van der Waals surface area contributed by atoms with Gasteiger partial charge in [0.05, 0.1) is 57.8 Å². The molecule has 0 bridgehead atoms.